The van der Waals surface area contributed by atoms with Crippen LogP contribution in [0.5, 0.6) is 5.75 Å². The third-order valence-electron chi connectivity index (χ3n) is 2.23. The summed E-state index contributed by atoms with van der Waals surface area (Å²) in [6.45, 7) is 2.49. The molecular formula is C13H15NO. The number of fused-ring (bicyclic) bond motifs is 1. The summed E-state index contributed by atoms with van der Waals surface area (Å²) in [7, 11) is 0. The first-order valence-corrected chi connectivity index (χ1v) is 5.13. The monoisotopic (exact) mass is 201 g/mol. The zero-order valence-electron chi connectivity index (χ0n) is 8.81. The molecule has 0 saturated carbocycles. The Morgan fingerprint density at radius 1 is 1.13 bits per heavy atom. The summed E-state index contributed by atoms with van der Waals surface area (Å²) >= 11 is 0. The molecule has 2 nitrogen and oxygen atoms in total. The van der Waals surface area contributed by atoms with Gasteiger partial charge in [-0.05, 0) is 29.8 Å². The summed E-state index contributed by atoms with van der Waals surface area (Å²) in [5.41, 5.74) is 5.63. The largest absolute Gasteiger partial charge is 0.492 e. The molecule has 0 amide bonds. The highest BCUT2D eigenvalue weighted by Gasteiger charge is 1.98. The van der Waals surface area contributed by atoms with Gasteiger partial charge < -0.3 is 10.5 Å². The Hall–Kier alpha value is -1.54. The summed E-state index contributed by atoms with van der Waals surface area (Å²) in [6.07, 6.45) is 0. The Labute approximate surface area is 89.7 Å². The van der Waals surface area contributed by atoms with Crippen LogP contribution in [0.3, 0.4) is 0 Å². The van der Waals surface area contributed by atoms with Crippen LogP contribution in [-0.2, 0) is 0 Å². The molecule has 0 aliphatic rings. The van der Waals surface area contributed by atoms with Crippen LogP contribution in [0.1, 0.15) is 6.92 Å². The zero-order chi connectivity index (χ0) is 10.7. The van der Waals surface area contributed by atoms with Crippen molar-refractivity contribution in [3.05, 3.63) is 42.5 Å². The normalized spacial score (nSPS) is 12.7. The lowest BCUT2D eigenvalue weighted by atomic mass is 10.1. The van der Waals surface area contributed by atoms with Crippen molar-refractivity contribution < 1.29 is 4.74 Å². The molecule has 0 aromatic heterocycles. The second-order valence-corrected chi connectivity index (χ2v) is 3.80. The van der Waals surface area contributed by atoms with Gasteiger partial charge in [0.15, 0.2) is 0 Å². The molecule has 15 heavy (non-hydrogen) atoms. The van der Waals surface area contributed by atoms with Crippen molar-refractivity contribution in [2.24, 2.45) is 5.73 Å². The fourth-order valence-corrected chi connectivity index (χ4v) is 1.48. The molecule has 78 valence electrons. The molecule has 1 atom stereocenters. The Balaban J connectivity index is 2.23. The lowest BCUT2D eigenvalue weighted by Crippen LogP contribution is -2.23. The molecule has 0 saturated heterocycles. The topological polar surface area (TPSA) is 35.2 Å². The number of hydrogen-bond donors (Lipinski definition) is 1. The summed E-state index contributed by atoms with van der Waals surface area (Å²) < 4.78 is 5.55. The van der Waals surface area contributed by atoms with E-state index in [1.54, 1.807) is 0 Å². The summed E-state index contributed by atoms with van der Waals surface area (Å²) in [6, 6.07) is 14.4. The minimum Gasteiger partial charge on any atom is -0.492 e. The predicted molar refractivity (Wildman–Crippen MR) is 63.1 cm³/mol. The fourth-order valence-electron chi connectivity index (χ4n) is 1.48. The molecule has 0 bridgehead atoms. The number of hydrogen-bond acceptors (Lipinski definition) is 2. The number of nitrogens with two attached hydrogens (primary N) is 1. The molecule has 0 unspecified atom stereocenters. The van der Waals surface area contributed by atoms with Crippen LogP contribution in [0.4, 0.5) is 0 Å². The van der Waals surface area contributed by atoms with Crippen molar-refractivity contribution in [2.75, 3.05) is 6.61 Å². The van der Waals surface area contributed by atoms with Crippen molar-refractivity contribution in [3.8, 4) is 5.75 Å². The van der Waals surface area contributed by atoms with Crippen molar-refractivity contribution >= 4 is 10.8 Å². The van der Waals surface area contributed by atoms with Gasteiger partial charge in [0, 0.05) is 6.04 Å². The van der Waals surface area contributed by atoms with Crippen molar-refractivity contribution in [1.29, 1.82) is 0 Å². The van der Waals surface area contributed by atoms with Crippen LogP contribution >= 0.6 is 0 Å². The zero-order valence-corrected chi connectivity index (χ0v) is 8.81. The van der Waals surface area contributed by atoms with E-state index < -0.39 is 0 Å². The molecule has 2 rings (SSSR count). The SMILES string of the molecule is C[C@H](N)COc1ccc2ccccc2c1. The maximum Gasteiger partial charge on any atom is 0.120 e. The lowest BCUT2D eigenvalue weighted by Gasteiger charge is -2.09. The molecule has 0 radical (unpaired) electrons. The first-order valence-electron chi connectivity index (χ1n) is 5.13. The molecule has 2 N–H and O–H groups in total. The standard InChI is InChI=1S/C13H15NO/c1-10(14)9-15-13-7-6-11-4-2-3-5-12(11)8-13/h2-8,10H,9,14H2,1H3/t10-/m0/s1. The van der Waals surface area contributed by atoms with Crippen LogP contribution in [0.2, 0.25) is 0 Å². The molecule has 0 aliphatic carbocycles. The molecule has 0 fully saturated rings. The van der Waals surface area contributed by atoms with Crippen LogP contribution in [0.15, 0.2) is 42.5 Å². The van der Waals surface area contributed by atoms with Gasteiger partial charge in [-0.15, -0.1) is 0 Å². The van der Waals surface area contributed by atoms with Crippen LogP contribution < -0.4 is 10.5 Å². The van der Waals surface area contributed by atoms with E-state index in [9.17, 15) is 0 Å². The van der Waals surface area contributed by atoms with Gasteiger partial charge in [-0.25, -0.2) is 0 Å². The second kappa shape index (κ2) is 4.32. The number of rotatable bonds is 3. The van der Waals surface area contributed by atoms with Gasteiger partial charge in [-0.2, -0.15) is 0 Å². The Morgan fingerprint density at radius 3 is 2.60 bits per heavy atom. The average Bonchev–Trinajstić information content (AvgIpc) is 2.26. The van der Waals surface area contributed by atoms with E-state index in [4.69, 9.17) is 10.5 Å². The quantitative estimate of drug-likeness (QED) is 0.828. The predicted octanol–water partition coefficient (Wildman–Crippen LogP) is 2.57. The average molecular weight is 201 g/mol. The third-order valence-corrected chi connectivity index (χ3v) is 2.23. The maximum absolute atomic E-state index is 5.63. The van der Waals surface area contributed by atoms with E-state index >= 15 is 0 Å². The van der Waals surface area contributed by atoms with Gasteiger partial charge >= 0.3 is 0 Å². The summed E-state index contributed by atoms with van der Waals surface area (Å²) in [5, 5.41) is 2.42. The minimum atomic E-state index is 0.0662. The van der Waals surface area contributed by atoms with Gasteiger partial charge in [0.1, 0.15) is 12.4 Å². The smallest absolute Gasteiger partial charge is 0.120 e. The maximum atomic E-state index is 5.63. The first kappa shape index (κ1) is 9.99. The van der Waals surface area contributed by atoms with Crippen molar-refractivity contribution in [1.82, 2.24) is 0 Å². The number of benzene rings is 2. The summed E-state index contributed by atoms with van der Waals surface area (Å²) in [5.74, 6) is 0.881. The molecule has 2 aromatic carbocycles. The minimum absolute atomic E-state index is 0.0662. The highest BCUT2D eigenvalue weighted by Crippen LogP contribution is 2.20. The van der Waals surface area contributed by atoms with E-state index in [2.05, 4.69) is 18.2 Å². The van der Waals surface area contributed by atoms with Crippen LogP contribution in [0.25, 0.3) is 10.8 Å². The fraction of sp³-hybridized carbons (Fsp3) is 0.231. The van der Waals surface area contributed by atoms with E-state index in [0.717, 1.165) is 5.75 Å². The third kappa shape index (κ3) is 2.48. The molecule has 2 aromatic rings. The van der Waals surface area contributed by atoms with Crippen molar-refractivity contribution in [2.45, 2.75) is 13.0 Å². The van der Waals surface area contributed by atoms with Crippen molar-refractivity contribution in [3.63, 3.8) is 0 Å². The van der Waals surface area contributed by atoms with Crippen LogP contribution in [0, 0.1) is 0 Å². The Bertz CT molecular complexity index is 451. The highest BCUT2D eigenvalue weighted by atomic mass is 16.5. The van der Waals surface area contributed by atoms with E-state index in [0.29, 0.717) is 6.61 Å². The molecule has 0 aliphatic heterocycles. The Kier molecular flexibility index (Phi) is 2.88. The lowest BCUT2D eigenvalue weighted by molar-refractivity contribution is 0.296. The molecule has 0 spiro atoms. The molecule has 2 heteroatoms. The van der Waals surface area contributed by atoms with Gasteiger partial charge in [-0.3, -0.25) is 0 Å². The van der Waals surface area contributed by atoms with Gasteiger partial charge in [0.05, 0.1) is 0 Å². The van der Waals surface area contributed by atoms with Crippen LogP contribution in [-0.4, -0.2) is 12.6 Å². The summed E-state index contributed by atoms with van der Waals surface area (Å²) in [4.78, 5) is 0. The van der Waals surface area contributed by atoms with Gasteiger partial charge in [-0.1, -0.05) is 30.3 Å². The molecular weight excluding hydrogens is 186 g/mol. The Morgan fingerprint density at radius 2 is 1.87 bits per heavy atom. The van der Waals surface area contributed by atoms with E-state index in [1.807, 2.05) is 31.2 Å². The van der Waals surface area contributed by atoms with E-state index in [-0.39, 0.29) is 6.04 Å². The first-order chi connectivity index (χ1) is 7.25. The van der Waals surface area contributed by atoms with E-state index in [1.165, 1.54) is 10.8 Å². The van der Waals surface area contributed by atoms with Gasteiger partial charge in [0.2, 0.25) is 0 Å². The molecule has 0 heterocycles. The highest BCUT2D eigenvalue weighted by molar-refractivity contribution is 5.83. The number of ether oxygens (including phenoxy) is 1. The second-order valence-electron chi connectivity index (χ2n) is 3.80. The van der Waals surface area contributed by atoms with Gasteiger partial charge in [0.25, 0.3) is 0 Å².